The summed E-state index contributed by atoms with van der Waals surface area (Å²) in [4.78, 5) is 48.6. The van der Waals surface area contributed by atoms with Crippen LogP contribution < -0.4 is 5.32 Å². The first-order valence-electron chi connectivity index (χ1n) is 10.00. The number of nitrogens with one attached hydrogen (secondary N) is 1. The number of anilines is 1. The van der Waals surface area contributed by atoms with Crippen LogP contribution in [-0.2, 0) is 22.4 Å². The lowest BCUT2D eigenvalue weighted by Crippen LogP contribution is -2.38. The van der Waals surface area contributed by atoms with Crippen molar-refractivity contribution < 1.29 is 14.4 Å². The van der Waals surface area contributed by atoms with E-state index in [-0.39, 0.29) is 29.9 Å². The van der Waals surface area contributed by atoms with E-state index >= 15 is 0 Å². The fourth-order valence-electron chi connectivity index (χ4n) is 3.69. The lowest BCUT2D eigenvalue weighted by atomic mass is 9.85. The number of carbonyl (C=O) groups excluding carboxylic acids is 3. The summed E-state index contributed by atoms with van der Waals surface area (Å²) in [6.45, 7) is 0.549. The van der Waals surface area contributed by atoms with E-state index in [1.165, 1.54) is 11.3 Å². The van der Waals surface area contributed by atoms with Gasteiger partial charge in [0.2, 0.25) is 11.8 Å². The van der Waals surface area contributed by atoms with Crippen LogP contribution in [0, 0.1) is 11.8 Å². The largest absolute Gasteiger partial charge is 0.345 e. The Bertz CT molecular complexity index is 923. The van der Waals surface area contributed by atoms with Gasteiger partial charge in [-0.3, -0.25) is 19.4 Å². The van der Waals surface area contributed by atoms with Crippen molar-refractivity contribution in [2.45, 2.75) is 38.5 Å². The molecule has 2 aromatic heterocycles. The summed E-state index contributed by atoms with van der Waals surface area (Å²) in [5.41, 5.74) is 1.56. The van der Waals surface area contributed by atoms with Gasteiger partial charge in [-0.25, -0.2) is 4.98 Å². The average molecular weight is 413 g/mol. The van der Waals surface area contributed by atoms with Gasteiger partial charge in [-0.15, -0.1) is 0 Å². The van der Waals surface area contributed by atoms with E-state index in [9.17, 15) is 14.4 Å². The maximum atomic E-state index is 12.9. The van der Waals surface area contributed by atoms with Crippen molar-refractivity contribution in [3.63, 3.8) is 0 Å². The summed E-state index contributed by atoms with van der Waals surface area (Å²) >= 11 is 1.23. The highest BCUT2D eigenvalue weighted by Crippen LogP contribution is 2.34. The van der Waals surface area contributed by atoms with Gasteiger partial charge in [-0.2, -0.15) is 0 Å². The van der Waals surface area contributed by atoms with Crippen LogP contribution >= 0.6 is 11.3 Å². The zero-order chi connectivity index (χ0) is 20.4. The highest BCUT2D eigenvalue weighted by atomic mass is 32.1. The number of fused-ring (bicyclic) bond motifs is 1. The summed E-state index contributed by atoms with van der Waals surface area (Å²) in [6, 6.07) is 5.72. The number of carbonyl (C=O) groups is 3. The Kier molecular flexibility index (Phi) is 5.71. The van der Waals surface area contributed by atoms with Crippen molar-refractivity contribution in [1.82, 2.24) is 14.9 Å². The number of likely N-dealkylation sites (N-methyl/N-ethyl adjacent to an activating group) is 1. The molecule has 0 spiro atoms. The molecule has 152 valence electrons. The number of amides is 2. The Labute approximate surface area is 173 Å². The smallest absolute Gasteiger partial charge is 0.229 e. The molecular weight excluding hydrogens is 388 g/mol. The first kappa shape index (κ1) is 19.7. The molecule has 8 heteroatoms. The minimum absolute atomic E-state index is 0.0170. The molecule has 2 amide bonds. The van der Waals surface area contributed by atoms with Crippen LogP contribution in [0.4, 0.5) is 5.13 Å². The maximum absolute atomic E-state index is 12.9. The van der Waals surface area contributed by atoms with Gasteiger partial charge in [0.25, 0.3) is 0 Å². The lowest BCUT2D eigenvalue weighted by molar-refractivity contribution is -0.134. The third-order valence-corrected chi connectivity index (χ3v) is 6.74. The molecule has 1 saturated carbocycles. The molecule has 4 rings (SSSR count). The van der Waals surface area contributed by atoms with Gasteiger partial charge in [0.15, 0.2) is 10.9 Å². The predicted octanol–water partition coefficient (Wildman–Crippen LogP) is 2.72. The topological polar surface area (TPSA) is 92.3 Å². The van der Waals surface area contributed by atoms with E-state index in [1.807, 2.05) is 18.2 Å². The van der Waals surface area contributed by atoms with Gasteiger partial charge < -0.3 is 10.2 Å². The quantitative estimate of drug-likeness (QED) is 0.788. The molecular formula is C21H24N4O3S. The van der Waals surface area contributed by atoms with Crippen molar-refractivity contribution in [3.8, 4) is 0 Å². The number of ketones is 1. The molecule has 2 aliphatic rings. The third-order valence-electron chi connectivity index (χ3n) is 5.68. The molecule has 1 atom stereocenters. The molecule has 29 heavy (non-hydrogen) atoms. The van der Waals surface area contributed by atoms with Gasteiger partial charge in [-0.05, 0) is 25.0 Å². The molecule has 2 heterocycles. The molecule has 7 nitrogen and oxygen atoms in total. The number of pyridine rings is 1. The summed E-state index contributed by atoms with van der Waals surface area (Å²) < 4.78 is 0. The molecule has 1 N–H and O–H groups in total. The Balaban J connectivity index is 1.37. The highest BCUT2D eigenvalue weighted by Gasteiger charge is 2.35. The van der Waals surface area contributed by atoms with Crippen LogP contribution in [0.5, 0.6) is 0 Å². The minimum atomic E-state index is -0.402. The molecule has 0 aliphatic heterocycles. The Hall–Kier alpha value is -2.61. The molecule has 1 unspecified atom stereocenters. The van der Waals surface area contributed by atoms with E-state index in [0.717, 1.165) is 25.0 Å². The summed E-state index contributed by atoms with van der Waals surface area (Å²) in [5, 5.41) is 3.31. The van der Waals surface area contributed by atoms with Gasteiger partial charge in [0.05, 0.1) is 16.5 Å². The lowest BCUT2D eigenvalue weighted by Gasteiger charge is -2.25. The average Bonchev–Trinajstić information content (AvgIpc) is 3.07. The van der Waals surface area contributed by atoms with Crippen molar-refractivity contribution in [2.24, 2.45) is 11.8 Å². The van der Waals surface area contributed by atoms with Crippen LogP contribution in [-0.4, -0.2) is 46.1 Å². The Morgan fingerprint density at radius 2 is 2.07 bits per heavy atom. The molecule has 0 saturated heterocycles. The number of thiazole rings is 1. The number of Topliss-reactive ketones (excluding diaryl/α,β-unsaturated/α-hetero) is 1. The second kappa shape index (κ2) is 8.41. The van der Waals surface area contributed by atoms with Crippen LogP contribution in [0.25, 0.3) is 0 Å². The SMILES string of the molecule is CN(CCc1ccccn1)C(=O)C1CC(=O)c2sc(NC(=O)C3CCC3)nc2C1. The normalized spacial score (nSPS) is 18.7. The van der Waals surface area contributed by atoms with Gasteiger partial charge in [-0.1, -0.05) is 23.8 Å². The second-order valence-electron chi connectivity index (χ2n) is 7.77. The van der Waals surface area contributed by atoms with Crippen LogP contribution in [0.15, 0.2) is 24.4 Å². The van der Waals surface area contributed by atoms with Crippen molar-refractivity contribution in [1.29, 1.82) is 0 Å². The Morgan fingerprint density at radius 1 is 1.24 bits per heavy atom. The fourth-order valence-corrected chi connectivity index (χ4v) is 4.63. The molecule has 2 aromatic rings. The Morgan fingerprint density at radius 3 is 2.76 bits per heavy atom. The summed E-state index contributed by atoms with van der Waals surface area (Å²) in [6.07, 6.45) is 5.95. The number of aromatic nitrogens is 2. The number of rotatable bonds is 6. The number of nitrogens with zero attached hydrogens (tertiary/aromatic N) is 3. The molecule has 0 aromatic carbocycles. The monoisotopic (exact) mass is 412 g/mol. The van der Waals surface area contributed by atoms with Crippen LogP contribution in [0.3, 0.4) is 0 Å². The van der Waals surface area contributed by atoms with Crippen molar-refractivity contribution in [2.75, 3.05) is 18.9 Å². The van der Waals surface area contributed by atoms with E-state index in [4.69, 9.17) is 0 Å². The minimum Gasteiger partial charge on any atom is -0.345 e. The highest BCUT2D eigenvalue weighted by molar-refractivity contribution is 7.17. The first-order valence-corrected chi connectivity index (χ1v) is 10.8. The van der Waals surface area contributed by atoms with E-state index in [2.05, 4.69) is 15.3 Å². The molecule has 0 radical (unpaired) electrons. The summed E-state index contributed by atoms with van der Waals surface area (Å²) in [7, 11) is 1.76. The first-order chi connectivity index (χ1) is 14.0. The van der Waals surface area contributed by atoms with Crippen LogP contribution in [0.2, 0.25) is 0 Å². The molecule has 1 fully saturated rings. The zero-order valence-corrected chi connectivity index (χ0v) is 17.2. The van der Waals surface area contributed by atoms with Crippen LogP contribution in [0.1, 0.15) is 46.7 Å². The van der Waals surface area contributed by atoms with Gasteiger partial charge in [0.1, 0.15) is 0 Å². The van der Waals surface area contributed by atoms with E-state index in [0.29, 0.717) is 35.1 Å². The standard InChI is InChI=1S/C21H24N4O3S/c1-25(10-8-15-7-2-3-9-22-15)20(28)14-11-16-18(17(26)12-14)29-21(23-16)24-19(27)13-5-4-6-13/h2-3,7,9,13-14H,4-6,8,10-12H2,1H3,(H,23,24,27). The van der Waals surface area contributed by atoms with Gasteiger partial charge in [0, 0.05) is 50.7 Å². The van der Waals surface area contributed by atoms with E-state index < -0.39 is 5.92 Å². The number of hydrogen-bond donors (Lipinski definition) is 1. The maximum Gasteiger partial charge on any atom is 0.229 e. The zero-order valence-electron chi connectivity index (χ0n) is 16.4. The van der Waals surface area contributed by atoms with E-state index in [1.54, 1.807) is 18.1 Å². The third kappa shape index (κ3) is 4.37. The predicted molar refractivity (Wildman–Crippen MR) is 110 cm³/mol. The molecule has 2 aliphatic carbocycles. The molecule has 0 bridgehead atoms. The van der Waals surface area contributed by atoms with Gasteiger partial charge >= 0.3 is 0 Å². The van der Waals surface area contributed by atoms with Crippen molar-refractivity contribution in [3.05, 3.63) is 40.7 Å². The number of hydrogen-bond acceptors (Lipinski definition) is 6. The fraction of sp³-hybridized carbons (Fsp3) is 0.476. The van der Waals surface area contributed by atoms with Crippen molar-refractivity contribution >= 4 is 34.1 Å². The second-order valence-corrected chi connectivity index (χ2v) is 8.77. The summed E-state index contributed by atoms with van der Waals surface area (Å²) in [5.74, 6) is -0.469.